The number of nitriles is 1. The number of rotatable bonds is 4. The van der Waals surface area contributed by atoms with E-state index >= 15 is 0 Å². The highest BCUT2D eigenvalue weighted by Gasteiger charge is 2.13. The molecule has 0 rings (SSSR count). The molecule has 0 aliphatic rings. The van der Waals surface area contributed by atoms with Crippen LogP contribution < -0.4 is 11.1 Å². The van der Waals surface area contributed by atoms with Crippen LogP contribution in [-0.2, 0) is 0 Å². The van der Waals surface area contributed by atoms with E-state index in [0.717, 1.165) is 5.57 Å². The minimum absolute atomic E-state index is 0.169. The molecule has 1 atom stereocenters. The van der Waals surface area contributed by atoms with Gasteiger partial charge in [0.1, 0.15) is 17.7 Å². The van der Waals surface area contributed by atoms with Crippen molar-refractivity contribution in [2.45, 2.75) is 52.6 Å². The Morgan fingerprint density at radius 3 is 2.50 bits per heavy atom. The lowest BCUT2D eigenvalue weighted by Crippen LogP contribution is -2.41. The number of nitrogens with two attached hydrogens (primary N) is 1. The first-order valence-corrected chi connectivity index (χ1v) is 6.00. The summed E-state index contributed by atoms with van der Waals surface area (Å²) in [5, 5.41) is 19.7. The molecule has 18 heavy (non-hydrogen) atoms. The van der Waals surface area contributed by atoms with Gasteiger partial charge in [-0.25, -0.2) is 0 Å². The van der Waals surface area contributed by atoms with Crippen LogP contribution in [0.3, 0.4) is 0 Å². The summed E-state index contributed by atoms with van der Waals surface area (Å²) >= 11 is 0. The SMILES string of the molecule is CC/C(=C\C(N)=N/C(C)C#N)C(=N)NC(C)(C)C. The molecular weight excluding hydrogens is 226 g/mol. The normalized spacial score (nSPS) is 14.9. The maximum Gasteiger partial charge on any atom is 0.136 e. The Hall–Kier alpha value is -1.83. The zero-order valence-corrected chi connectivity index (χ0v) is 11.8. The van der Waals surface area contributed by atoms with Crippen LogP contribution in [0.15, 0.2) is 16.6 Å². The van der Waals surface area contributed by atoms with Crippen LogP contribution in [0.4, 0.5) is 0 Å². The Morgan fingerprint density at radius 1 is 1.56 bits per heavy atom. The summed E-state index contributed by atoms with van der Waals surface area (Å²) in [4.78, 5) is 3.99. The van der Waals surface area contributed by atoms with Crippen LogP contribution >= 0.6 is 0 Å². The van der Waals surface area contributed by atoms with Crippen LogP contribution in [0.5, 0.6) is 0 Å². The highest BCUT2D eigenvalue weighted by Crippen LogP contribution is 2.06. The molecular formula is C13H23N5. The second kappa shape index (κ2) is 6.80. The average Bonchev–Trinajstić information content (AvgIpc) is 2.23. The van der Waals surface area contributed by atoms with E-state index in [-0.39, 0.29) is 11.4 Å². The van der Waals surface area contributed by atoms with E-state index in [1.807, 2.05) is 33.8 Å². The third-order valence-electron chi connectivity index (χ3n) is 2.05. The minimum atomic E-state index is -0.468. The molecule has 4 N–H and O–H groups in total. The van der Waals surface area contributed by atoms with Gasteiger partial charge in [0.05, 0.1) is 6.07 Å². The van der Waals surface area contributed by atoms with Crippen molar-refractivity contribution < 1.29 is 0 Å². The predicted octanol–water partition coefficient (Wildman–Crippen LogP) is 1.96. The maximum atomic E-state index is 8.65. The van der Waals surface area contributed by atoms with Gasteiger partial charge in [0.25, 0.3) is 0 Å². The molecule has 0 heterocycles. The number of hydrogen-bond donors (Lipinski definition) is 3. The second-order valence-corrected chi connectivity index (χ2v) is 5.13. The predicted molar refractivity (Wildman–Crippen MR) is 75.7 cm³/mol. The molecule has 0 saturated carbocycles. The zero-order chi connectivity index (χ0) is 14.3. The van der Waals surface area contributed by atoms with Gasteiger partial charge in [0.2, 0.25) is 0 Å². The molecule has 0 radical (unpaired) electrons. The van der Waals surface area contributed by atoms with Gasteiger partial charge in [-0.05, 0) is 45.8 Å². The number of nitrogens with one attached hydrogen (secondary N) is 2. The Labute approximate surface area is 109 Å². The fourth-order valence-corrected chi connectivity index (χ4v) is 1.27. The molecule has 100 valence electrons. The molecule has 0 aliphatic carbocycles. The van der Waals surface area contributed by atoms with E-state index in [0.29, 0.717) is 12.3 Å². The molecule has 5 nitrogen and oxygen atoms in total. The smallest absolute Gasteiger partial charge is 0.136 e. The molecule has 0 amide bonds. The summed E-state index contributed by atoms with van der Waals surface area (Å²) in [6.07, 6.45) is 2.33. The lowest BCUT2D eigenvalue weighted by atomic mass is 10.1. The Bertz CT molecular complexity index is 393. The molecule has 0 aromatic rings. The lowest BCUT2D eigenvalue weighted by molar-refractivity contribution is 0.510. The summed E-state index contributed by atoms with van der Waals surface area (Å²) in [5.41, 5.74) is 6.33. The zero-order valence-electron chi connectivity index (χ0n) is 11.8. The Balaban J connectivity index is 4.94. The van der Waals surface area contributed by atoms with Crippen molar-refractivity contribution >= 4 is 11.7 Å². The first kappa shape index (κ1) is 16.2. The fraction of sp³-hybridized carbons (Fsp3) is 0.615. The van der Waals surface area contributed by atoms with Crippen molar-refractivity contribution in [3.05, 3.63) is 11.6 Å². The van der Waals surface area contributed by atoms with Crippen molar-refractivity contribution in [2.24, 2.45) is 10.7 Å². The maximum absolute atomic E-state index is 8.65. The minimum Gasteiger partial charge on any atom is -0.384 e. The van der Waals surface area contributed by atoms with Crippen molar-refractivity contribution in [1.29, 1.82) is 10.7 Å². The second-order valence-electron chi connectivity index (χ2n) is 5.13. The molecule has 0 aromatic carbocycles. The Kier molecular flexibility index (Phi) is 6.11. The quantitative estimate of drug-likeness (QED) is 0.524. The van der Waals surface area contributed by atoms with E-state index in [1.54, 1.807) is 13.0 Å². The van der Waals surface area contributed by atoms with E-state index in [4.69, 9.17) is 16.4 Å². The molecule has 0 saturated heterocycles. The highest BCUT2D eigenvalue weighted by atomic mass is 15.0. The van der Waals surface area contributed by atoms with Gasteiger partial charge in [-0.1, -0.05) is 6.92 Å². The van der Waals surface area contributed by atoms with Gasteiger partial charge in [0.15, 0.2) is 0 Å². The summed E-state index contributed by atoms with van der Waals surface area (Å²) in [6.45, 7) is 9.59. The fourth-order valence-electron chi connectivity index (χ4n) is 1.27. The van der Waals surface area contributed by atoms with Crippen LogP contribution in [0.2, 0.25) is 0 Å². The third kappa shape index (κ3) is 6.69. The lowest BCUT2D eigenvalue weighted by Gasteiger charge is -2.23. The third-order valence-corrected chi connectivity index (χ3v) is 2.05. The van der Waals surface area contributed by atoms with E-state index in [2.05, 4.69) is 10.3 Å². The molecule has 0 aromatic heterocycles. The van der Waals surface area contributed by atoms with Crippen LogP contribution in [0, 0.1) is 16.7 Å². The van der Waals surface area contributed by atoms with E-state index in [9.17, 15) is 0 Å². The molecule has 5 heteroatoms. The molecule has 1 unspecified atom stereocenters. The first-order chi connectivity index (χ1) is 8.19. The van der Waals surface area contributed by atoms with Crippen molar-refractivity contribution in [1.82, 2.24) is 5.32 Å². The molecule has 0 bridgehead atoms. The number of amidine groups is 2. The van der Waals surface area contributed by atoms with Crippen molar-refractivity contribution in [2.75, 3.05) is 0 Å². The summed E-state index contributed by atoms with van der Waals surface area (Å²) in [7, 11) is 0. The number of aliphatic imine (C=N–C) groups is 1. The van der Waals surface area contributed by atoms with E-state index in [1.165, 1.54) is 0 Å². The topological polar surface area (TPSA) is 98.0 Å². The standard InChI is InChI=1S/C13H23N5/c1-6-10(12(16)18-13(3,4)5)7-11(15)17-9(2)8-14/h7,9H,6H2,1-5H3,(H2,15,17)(H2,16,18)/b10-7+. The highest BCUT2D eigenvalue weighted by molar-refractivity contribution is 6.03. The van der Waals surface area contributed by atoms with Gasteiger partial charge in [-0.15, -0.1) is 0 Å². The Morgan fingerprint density at radius 2 is 2.11 bits per heavy atom. The van der Waals surface area contributed by atoms with Gasteiger partial charge < -0.3 is 11.1 Å². The molecule has 0 fully saturated rings. The monoisotopic (exact) mass is 249 g/mol. The van der Waals surface area contributed by atoms with Crippen molar-refractivity contribution in [3.63, 3.8) is 0 Å². The van der Waals surface area contributed by atoms with Crippen LogP contribution in [0.1, 0.15) is 41.0 Å². The molecule has 0 aliphatic heterocycles. The average molecular weight is 249 g/mol. The summed E-state index contributed by atoms with van der Waals surface area (Å²) in [6, 6.07) is 1.52. The van der Waals surface area contributed by atoms with Gasteiger partial charge in [-0.3, -0.25) is 10.4 Å². The van der Waals surface area contributed by atoms with Gasteiger partial charge >= 0.3 is 0 Å². The largest absolute Gasteiger partial charge is 0.384 e. The first-order valence-electron chi connectivity index (χ1n) is 6.00. The summed E-state index contributed by atoms with van der Waals surface area (Å²) < 4.78 is 0. The van der Waals surface area contributed by atoms with Crippen LogP contribution in [0.25, 0.3) is 0 Å². The molecule has 0 spiro atoms. The van der Waals surface area contributed by atoms with Gasteiger partial charge in [0, 0.05) is 5.54 Å². The van der Waals surface area contributed by atoms with Gasteiger partial charge in [-0.2, -0.15) is 5.26 Å². The van der Waals surface area contributed by atoms with Crippen molar-refractivity contribution in [3.8, 4) is 6.07 Å². The summed E-state index contributed by atoms with van der Waals surface area (Å²) in [5.74, 6) is 0.620. The number of hydrogen-bond acceptors (Lipinski definition) is 3. The number of nitrogens with zero attached hydrogens (tertiary/aromatic N) is 2. The van der Waals surface area contributed by atoms with E-state index < -0.39 is 6.04 Å². The van der Waals surface area contributed by atoms with Crippen LogP contribution in [-0.4, -0.2) is 23.3 Å².